The number of hydrogen-bond donors (Lipinski definition) is 0. The SMILES string of the molecule is C=CC(=O)N1C[C@@H]2C[C@@](C)(Oc3nc(-c4cnn(CI)c4)cn4nccc34)[C@@H]2C1. The summed E-state index contributed by atoms with van der Waals surface area (Å²) in [6, 6.07) is 1.90. The zero-order valence-corrected chi connectivity index (χ0v) is 18.2. The van der Waals surface area contributed by atoms with Crippen LogP contribution >= 0.6 is 22.6 Å². The number of alkyl halides is 1. The van der Waals surface area contributed by atoms with Gasteiger partial charge in [0.25, 0.3) is 0 Å². The summed E-state index contributed by atoms with van der Waals surface area (Å²) in [6.45, 7) is 7.20. The molecule has 3 aromatic rings. The van der Waals surface area contributed by atoms with Gasteiger partial charge in [0.2, 0.25) is 11.8 Å². The third kappa shape index (κ3) is 3.02. The molecule has 0 aromatic carbocycles. The molecular weight excluding hydrogens is 483 g/mol. The minimum absolute atomic E-state index is 0.00710. The fourth-order valence-electron chi connectivity index (χ4n) is 4.60. The van der Waals surface area contributed by atoms with E-state index in [2.05, 4.69) is 46.3 Å². The van der Waals surface area contributed by atoms with Crippen LogP contribution in [0.5, 0.6) is 5.88 Å². The van der Waals surface area contributed by atoms with Crippen molar-refractivity contribution in [2.75, 3.05) is 13.1 Å². The van der Waals surface area contributed by atoms with E-state index in [0.717, 1.165) is 34.3 Å². The van der Waals surface area contributed by atoms with Crippen LogP contribution in [0.25, 0.3) is 16.8 Å². The molecule has 1 saturated carbocycles. The molecule has 0 bridgehead atoms. The zero-order valence-electron chi connectivity index (χ0n) is 16.0. The van der Waals surface area contributed by atoms with Gasteiger partial charge >= 0.3 is 0 Å². The number of aromatic nitrogens is 5. The number of fused-ring (bicyclic) bond motifs is 2. The molecule has 1 saturated heterocycles. The number of carbonyl (C=O) groups excluding carboxylic acids is 1. The van der Waals surface area contributed by atoms with Gasteiger partial charge in [0.05, 0.1) is 28.8 Å². The highest BCUT2D eigenvalue weighted by Crippen LogP contribution is 2.51. The molecule has 3 atom stereocenters. The molecule has 0 N–H and O–H groups in total. The smallest absolute Gasteiger partial charge is 0.245 e. The van der Waals surface area contributed by atoms with Crippen LogP contribution in [0.3, 0.4) is 0 Å². The molecule has 9 heteroatoms. The van der Waals surface area contributed by atoms with Crippen LogP contribution in [0.2, 0.25) is 0 Å². The molecule has 29 heavy (non-hydrogen) atoms. The number of likely N-dealkylation sites (tertiary alicyclic amines) is 1. The molecule has 4 heterocycles. The molecule has 8 nitrogen and oxygen atoms in total. The van der Waals surface area contributed by atoms with Crippen molar-refractivity contribution in [1.82, 2.24) is 29.3 Å². The van der Waals surface area contributed by atoms with Gasteiger partial charge in [-0.15, -0.1) is 0 Å². The Balaban J connectivity index is 1.45. The summed E-state index contributed by atoms with van der Waals surface area (Å²) in [4.78, 5) is 18.7. The number of rotatable bonds is 5. The molecular formula is C20H21IN6O2. The van der Waals surface area contributed by atoms with E-state index in [0.29, 0.717) is 24.3 Å². The molecule has 1 aliphatic carbocycles. The highest BCUT2D eigenvalue weighted by molar-refractivity contribution is 14.1. The Kier molecular flexibility index (Phi) is 4.37. The lowest BCUT2D eigenvalue weighted by Gasteiger charge is -2.48. The lowest BCUT2D eigenvalue weighted by Crippen LogP contribution is -2.55. The van der Waals surface area contributed by atoms with Gasteiger partial charge in [0.1, 0.15) is 11.1 Å². The lowest BCUT2D eigenvalue weighted by molar-refractivity contribution is -0.125. The summed E-state index contributed by atoms with van der Waals surface area (Å²) in [6.07, 6.45) is 9.69. The molecule has 150 valence electrons. The van der Waals surface area contributed by atoms with E-state index in [4.69, 9.17) is 9.72 Å². The van der Waals surface area contributed by atoms with Gasteiger partial charge in [0.15, 0.2) is 0 Å². The molecule has 5 rings (SSSR count). The van der Waals surface area contributed by atoms with Crippen molar-refractivity contribution >= 4 is 34.0 Å². The van der Waals surface area contributed by atoms with Crippen LogP contribution < -0.4 is 4.74 Å². The molecule has 2 aliphatic rings. The normalized spacial score (nSPS) is 25.7. The van der Waals surface area contributed by atoms with Crippen molar-refractivity contribution in [2.45, 2.75) is 23.5 Å². The molecule has 0 spiro atoms. The summed E-state index contributed by atoms with van der Waals surface area (Å²) in [5.41, 5.74) is 2.16. The third-order valence-electron chi connectivity index (χ3n) is 6.12. The Labute approximate surface area is 181 Å². The molecule has 0 radical (unpaired) electrons. The predicted octanol–water partition coefficient (Wildman–Crippen LogP) is 2.79. The summed E-state index contributed by atoms with van der Waals surface area (Å²) < 4.78 is 10.9. The molecule has 3 aromatic heterocycles. The van der Waals surface area contributed by atoms with Crippen molar-refractivity contribution in [3.8, 4) is 17.1 Å². The zero-order chi connectivity index (χ0) is 20.2. The topological polar surface area (TPSA) is 77.6 Å². The first-order chi connectivity index (χ1) is 14.0. The maximum absolute atomic E-state index is 12.0. The van der Waals surface area contributed by atoms with E-state index in [9.17, 15) is 4.79 Å². The van der Waals surface area contributed by atoms with E-state index in [1.54, 1.807) is 16.9 Å². The van der Waals surface area contributed by atoms with Crippen molar-refractivity contribution in [1.29, 1.82) is 0 Å². The average Bonchev–Trinajstić information content (AvgIpc) is 3.44. The average molecular weight is 504 g/mol. The number of carbonyl (C=O) groups is 1. The quantitative estimate of drug-likeness (QED) is 0.304. The fourth-order valence-corrected chi connectivity index (χ4v) is 4.97. The molecule has 1 aliphatic heterocycles. The van der Waals surface area contributed by atoms with Crippen molar-refractivity contribution < 1.29 is 9.53 Å². The van der Waals surface area contributed by atoms with E-state index in [1.165, 1.54) is 6.08 Å². The fraction of sp³-hybridized carbons (Fsp3) is 0.400. The number of ether oxygens (including phenoxy) is 1. The number of halogens is 1. The summed E-state index contributed by atoms with van der Waals surface area (Å²) in [5, 5.41) is 8.72. The van der Waals surface area contributed by atoms with E-state index < -0.39 is 0 Å². The Morgan fingerprint density at radius 1 is 1.41 bits per heavy atom. The van der Waals surface area contributed by atoms with Crippen LogP contribution in [0.1, 0.15) is 13.3 Å². The van der Waals surface area contributed by atoms with Crippen molar-refractivity contribution in [3.05, 3.63) is 43.5 Å². The Hall–Kier alpha value is -2.43. The summed E-state index contributed by atoms with van der Waals surface area (Å²) >= 11 is 2.26. The number of amides is 1. The Morgan fingerprint density at radius 2 is 2.28 bits per heavy atom. The third-order valence-corrected chi connectivity index (χ3v) is 6.82. The lowest BCUT2D eigenvalue weighted by atomic mass is 9.64. The highest BCUT2D eigenvalue weighted by atomic mass is 127. The monoisotopic (exact) mass is 504 g/mol. The maximum atomic E-state index is 12.0. The minimum atomic E-state index is -0.357. The molecule has 2 fully saturated rings. The van der Waals surface area contributed by atoms with Gasteiger partial charge in [-0.05, 0) is 31.4 Å². The first-order valence-electron chi connectivity index (χ1n) is 9.54. The second kappa shape index (κ2) is 6.82. The molecule has 0 unspecified atom stereocenters. The van der Waals surface area contributed by atoms with Gasteiger partial charge in [-0.2, -0.15) is 10.2 Å². The molecule has 1 amide bonds. The Morgan fingerprint density at radius 3 is 3.03 bits per heavy atom. The summed E-state index contributed by atoms with van der Waals surface area (Å²) in [5.74, 6) is 1.32. The van der Waals surface area contributed by atoms with E-state index >= 15 is 0 Å². The van der Waals surface area contributed by atoms with Crippen LogP contribution in [0.4, 0.5) is 0 Å². The number of hydrogen-bond acceptors (Lipinski definition) is 5. The maximum Gasteiger partial charge on any atom is 0.245 e. The first kappa shape index (κ1) is 18.6. The Bertz CT molecular complexity index is 1110. The second-order valence-corrected chi connectivity index (χ2v) is 8.60. The highest BCUT2D eigenvalue weighted by Gasteiger charge is 2.57. The van der Waals surface area contributed by atoms with Crippen LogP contribution in [-0.4, -0.2) is 53.9 Å². The minimum Gasteiger partial charge on any atom is -0.469 e. The van der Waals surface area contributed by atoms with Crippen LogP contribution in [-0.2, 0) is 9.35 Å². The van der Waals surface area contributed by atoms with Crippen molar-refractivity contribution in [2.24, 2.45) is 11.8 Å². The van der Waals surface area contributed by atoms with Gasteiger partial charge in [-0.25, -0.2) is 9.50 Å². The second-order valence-electron chi connectivity index (χ2n) is 7.91. The largest absolute Gasteiger partial charge is 0.469 e. The summed E-state index contributed by atoms with van der Waals surface area (Å²) in [7, 11) is 0. The van der Waals surface area contributed by atoms with Gasteiger partial charge in [-0.3, -0.25) is 9.48 Å². The standard InChI is InChI=1S/C20H21IN6O2/c1-3-18(28)25-8-13-6-20(2,15(13)10-25)29-19-17-4-5-22-27(17)11-16(24-19)14-7-23-26(9-14)12-21/h3-5,7,9,11,13,15H,1,6,8,10,12H2,2H3/t13-,15+,20+/m0/s1. The van der Waals surface area contributed by atoms with E-state index in [1.807, 2.05) is 28.0 Å². The van der Waals surface area contributed by atoms with Gasteiger partial charge in [0, 0.05) is 30.8 Å². The van der Waals surface area contributed by atoms with Gasteiger partial charge in [-0.1, -0.05) is 29.2 Å². The van der Waals surface area contributed by atoms with Crippen LogP contribution in [0.15, 0.2) is 43.5 Å². The van der Waals surface area contributed by atoms with Gasteiger partial charge < -0.3 is 9.64 Å². The predicted molar refractivity (Wildman–Crippen MR) is 116 cm³/mol. The van der Waals surface area contributed by atoms with Crippen molar-refractivity contribution in [3.63, 3.8) is 0 Å². The number of nitrogens with zero attached hydrogens (tertiary/aromatic N) is 6. The first-order valence-corrected chi connectivity index (χ1v) is 11.1. The van der Waals surface area contributed by atoms with Crippen LogP contribution in [0, 0.1) is 11.8 Å². The van der Waals surface area contributed by atoms with E-state index in [-0.39, 0.29) is 11.5 Å².